The summed E-state index contributed by atoms with van der Waals surface area (Å²) in [5.74, 6) is -1.31. The Kier molecular flexibility index (Phi) is 13.1. The molecule has 2 aliphatic rings. The number of carbonyl (C=O) groups excluding carboxylic acids is 4. The van der Waals surface area contributed by atoms with Crippen LogP contribution in [0.3, 0.4) is 0 Å². The molecule has 40 heavy (non-hydrogen) atoms. The zero-order chi connectivity index (χ0) is 30.8. The summed E-state index contributed by atoms with van der Waals surface area (Å²) < 4.78 is 48.3. The first kappa shape index (κ1) is 35.4. The molecule has 0 unspecified atom stereocenters. The second-order valence-electron chi connectivity index (χ2n) is 12.6. The number of hydrogen-bond donors (Lipinski definition) is 2. The van der Waals surface area contributed by atoms with Crippen LogP contribution in [0.1, 0.15) is 106 Å². The van der Waals surface area contributed by atoms with Gasteiger partial charge in [-0.1, -0.05) is 25.7 Å². The second-order valence-corrected chi connectivity index (χ2v) is 12.6. The Bertz CT molecular complexity index is 787. The molecule has 232 valence electrons. The van der Waals surface area contributed by atoms with Crippen LogP contribution >= 0.6 is 0 Å². The third-order valence-electron chi connectivity index (χ3n) is 6.49. The summed E-state index contributed by atoms with van der Waals surface area (Å²) in [5.41, 5.74) is -4.17. The summed E-state index contributed by atoms with van der Waals surface area (Å²) in [6.45, 7) is 10.3. The Morgan fingerprint density at radius 1 is 0.650 bits per heavy atom. The van der Waals surface area contributed by atoms with Gasteiger partial charge in [-0.05, 0) is 67.2 Å². The van der Waals surface area contributed by atoms with Crippen molar-refractivity contribution >= 4 is 24.1 Å². The fraction of sp³-hybridized carbons (Fsp3) is 0.857. The van der Waals surface area contributed by atoms with Crippen LogP contribution in [0.25, 0.3) is 0 Å². The molecule has 0 heterocycles. The predicted octanol–water partition coefficient (Wildman–Crippen LogP) is 5.45. The molecule has 10 nitrogen and oxygen atoms in total. The number of carbonyl (C=O) groups is 4. The lowest BCUT2D eigenvalue weighted by Crippen LogP contribution is -2.47. The maximum absolute atomic E-state index is 14.4. The summed E-state index contributed by atoms with van der Waals surface area (Å²) in [4.78, 5) is 46.8. The van der Waals surface area contributed by atoms with Gasteiger partial charge in [-0.15, -0.1) is 0 Å². The third-order valence-corrected chi connectivity index (χ3v) is 6.49. The zero-order valence-electron chi connectivity index (χ0n) is 25.2. The molecule has 0 bridgehead atoms. The number of alkyl halides is 2. The average Bonchev–Trinajstić information content (AvgIpc) is 3.43. The van der Waals surface area contributed by atoms with E-state index in [4.69, 9.17) is 9.47 Å². The minimum Gasteiger partial charge on any atom is -0.467 e. The molecule has 0 aromatic rings. The number of halogens is 2. The van der Waals surface area contributed by atoms with Crippen LogP contribution in [0.5, 0.6) is 0 Å². The first-order valence-corrected chi connectivity index (χ1v) is 13.8. The lowest BCUT2D eigenvalue weighted by Gasteiger charge is -2.26. The molecule has 2 N–H and O–H groups in total. The van der Waals surface area contributed by atoms with Crippen molar-refractivity contribution in [1.29, 1.82) is 0 Å². The van der Waals surface area contributed by atoms with Gasteiger partial charge in [0.1, 0.15) is 34.6 Å². The van der Waals surface area contributed by atoms with E-state index < -0.39 is 58.7 Å². The van der Waals surface area contributed by atoms with E-state index in [-0.39, 0.29) is 12.8 Å². The molecule has 2 atom stereocenters. The van der Waals surface area contributed by atoms with Gasteiger partial charge < -0.3 is 29.6 Å². The highest BCUT2D eigenvalue weighted by Crippen LogP contribution is 2.38. The van der Waals surface area contributed by atoms with Crippen molar-refractivity contribution in [2.75, 3.05) is 14.2 Å². The van der Waals surface area contributed by atoms with Crippen molar-refractivity contribution in [1.82, 2.24) is 10.6 Å². The molecular weight excluding hydrogens is 530 g/mol. The second kappa shape index (κ2) is 14.8. The van der Waals surface area contributed by atoms with Crippen LogP contribution < -0.4 is 10.6 Å². The van der Waals surface area contributed by atoms with Gasteiger partial charge in [-0.3, -0.25) is 0 Å². The molecule has 0 radical (unpaired) electrons. The lowest BCUT2D eigenvalue weighted by molar-refractivity contribution is -0.145. The summed E-state index contributed by atoms with van der Waals surface area (Å²) in [6.07, 6.45) is 3.24. The predicted molar refractivity (Wildman–Crippen MR) is 144 cm³/mol. The van der Waals surface area contributed by atoms with Crippen LogP contribution in [0.4, 0.5) is 18.4 Å². The van der Waals surface area contributed by atoms with Crippen molar-refractivity contribution in [2.24, 2.45) is 0 Å². The minimum absolute atomic E-state index is 0.0705. The number of hydrogen-bond acceptors (Lipinski definition) is 8. The summed E-state index contributed by atoms with van der Waals surface area (Å²) in [6, 6.07) is -2.03. The zero-order valence-corrected chi connectivity index (χ0v) is 25.2. The van der Waals surface area contributed by atoms with Gasteiger partial charge in [-0.2, -0.15) is 0 Å². The molecule has 2 rings (SSSR count). The van der Waals surface area contributed by atoms with Crippen molar-refractivity contribution in [3.8, 4) is 0 Å². The van der Waals surface area contributed by atoms with Crippen molar-refractivity contribution in [3.05, 3.63) is 0 Å². The molecule has 0 saturated heterocycles. The minimum atomic E-state index is -1.41. The number of ether oxygens (including phenoxy) is 4. The van der Waals surface area contributed by atoms with Gasteiger partial charge in [0.2, 0.25) is 0 Å². The molecular formula is C28H48F2N2O8. The van der Waals surface area contributed by atoms with E-state index in [0.717, 1.165) is 25.7 Å². The van der Waals surface area contributed by atoms with Crippen molar-refractivity contribution in [3.63, 3.8) is 0 Å². The maximum Gasteiger partial charge on any atom is 0.408 e. The smallest absolute Gasteiger partial charge is 0.408 e. The molecule has 2 saturated carbocycles. The van der Waals surface area contributed by atoms with E-state index in [9.17, 15) is 28.0 Å². The highest BCUT2D eigenvalue weighted by Gasteiger charge is 2.41. The molecule has 0 spiro atoms. The monoisotopic (exact) mass is 578 g/mol. The molecule has 0 aromatic heterocycles. The largest absolute Gasteiger partial charge is 0.467 e. The average molecular weight is 579 g/mol. The van der Waals surface area contributed by atoms with Crippen LogP contribution in [0, 0.1) is 0 Å². The fourth-order valence-corrected chi connectivity index (χ4v) is 4.73. The number of esters is 2. The van der Waals surface area contributed by atoms with E-state index in [1.54, 1.807) is 41.5 Å². The standard InChI is InChI=1S/2C14H24FNO4/c2*1-13(2,3)20-12(18)16-10(11(17)19-4)9-14(15)7-5-6-8-14/h2*10H,5-9H2,1-4H3,(H,16,18)/t2*10-/m00/s1. The SMILES string of the molecule is COC(=O)[C@H](CC1(F)CCCC1)NC(=O)OC(C)(C)C.COC(=O)[C@H](CC1(F)CCCC1)NC(=O)OC(C)(C)C. The van der Waals surface area contributed by atoms with Crippen molar-refractivity contribution in [2.45, 2.75) is 140 Å². The van der Waals surface area contributed by atoms with Crippen molar-refractivity contribution < 1.29 is 46.9 Å². The van der Waals surface area contributed by atoms with Crippen LogP contribution in [-0.2, 0) is 28.5 Å². The topological polar surface area (TPSA) is 129 Å². The number of alkyl carbamates (subject to hydrolysis) is 2. The Labute approximate surface area is 236 Å². The maximum atomic E-state index is 14.4. The summed E-state index contributed by atoms with van der Waals surface area (Å²) >= 11 is 0. The molecule has 12 heteroatoms. The number of rotatable bonds is 8. The van der Waals surface area contributed by atoms with Crippen LogP contribution in [0.15, 0.2) is 0 Å². The van der Waals surface area contributed by atoms with E-state index >= 15 is 0 Å². The highest BCUT2D eigenvalue weighted by molar-refractivity contribution is 5.82. The first-order valence-electron chi connectivity index (χ1n) is 13.8. The van der Waals surface area contributed by atoms with Gasteiger partial charge in [-0.25, -0.2) is 28.0 Å². The van der Waals surface area contributed by atoms with Gasteiger partial charge in [0, 0.05) is 12.8 Å². The molecule has 2 fully saturated rings. The molecule has 0 aliphatic heterocycles. The Morgan fingerprint density at radius 2 is 0.925 bits per heavy atom. The summed E-state index contributed by atoms with van der Waals surface area (Å²) in [5, 5.41) is 4.80. The number of methoxy groups -OCH3 is 2. The van der Waals surface area contributed by atoms with E-state index in [1.165, 1.54) is 14.2 Å². The third kappa shape index (κ3) is 13.6. The van der Waals surface area contributed by atoms with E-state index in [2.05, 4.69) is 20.1 Å². The van der Waals surface area contributed by atoms with Crippen LogP contribution in [-0.4, -0.2) is 73.0 Å². The Hall–Kier alpha value is -2.66. The van der Waals surface area contributed by atoms with E-state index in [0.29, 0.717) is 25.7 Å². The summed E-state index contributed by atoms with van der Waals surface area (Å²) in [7, 11) is 2.43. The lowest BCUT2D eigenvalue weighted by atomic mass is 9.95. The molecule has 2 aliphatic carbocycles. The quantitative estimate of drug-likeness (QED) is 0.287. The van der Waals surface area contributed by atoms with Gasteiger partial charge in [0.15, 0.2) is 0 Å². The van der Waals surface area contributed by atoms with Crippen LogP contribution in [0.2, 0.25) is 0 Å². The Balaban J connectivity index is 0.000000400. The van der Waals surface area contributed by atoms with E-state index in [1.807, 2.05) is 0 Å². The fourth-order valence-electron chi connectivity index (χ4n) is 4.73. The van der Waals surface area contributed by atoms with Gasteiger partial charge in [0.05, 0.1) is 14.2 Å². The Morgan fingerprint density at radius 3 is 1.15 bits per heavy atom. The normalized spacial score (nSPS) is 19.2. The van der Waals surface area contributed by atoms with Gasteiger partial charge in [0.25, 0.3) is 0 Å². The number of nitrogens with one attached hydrogen (secondary N) is 2. The molecule has 0 aromatic carbocycles. The number of amides is 2. The highest BCUT2D eigenvalue weighted by atomic mass is 19.1. The van der Waals surface area contributed by atoms with Gasteiger partial charge >= 0.3 is 24.1 Å². The first-order chi connectivity index (χ1) is 18.3. The molecule has 2 amide bonds.